The second kappa shape index (κ2) is 5.21. The Hall–Kier alpha value is -0.200. The molecule has 2 bridgehead atoms. The van der Waals surface area contributed by atoms with Gasteiger partial charge in [0.05, 0.1) is 25.4 Å². The largest absolute Gasteiger partial charge is 0.372 e. The minimum Gasteiger partial charge on any atom is -0.372 e. The molecule has 114 valence electrons. The van der Waals surface area contributed by atoms with E-state index in [1.165, 1.54) is 12.8 Å². The van der Waals surface area contributed by atoms with Crippen molar-refractivity contribution in [3.05, 3.63) is 0 Å². The predicted molar refractivity (Wildman–Crippen MR) is 74.6 cm³/mol. The Labute approximate surface area is 120 Å². The van der Waals surface area contributed by atoms with Gasteiger partial charge in [0.25, 0.3) is 0 Å². The van der Waals surface area contributed by atoms with Gasteiger partial charge < -0.3 is 19.5 Å². The molecule has 5 heteroatoms. The molecule has 3 aliphatic heterocycles. The number of hydrogen-bond acceptors (Lipinski definition) is 5. The van der Waals surface area contributed by atoms with E-state index in [-0.39, 0.29) is 5.79 Å². The lowest BCUT2D eigenvalue weighted by Crippen LogP contribution is -2.60. The lowest BCUT2D eigenvalue weighted by atomic mass is 9.84. The van der Waals surface area contributed by atoms with Crippen LogP contribution in [0.5, 0.6) is 0 Å². The molecule has 4 atom stereocenters. The molecule has 5 nitrogen and oxygen atoms in total. The highest BCUT2D eigenvalue weighted by Gasteiger charge is 2.48. The fourth-order valence-electron chi connectivity index (χ4n) is 4.53. The van der Waals surface area contributed by atoms with E-state index in [9.17, 15) is 0 Å². The quantitative estimate of drug-likeness (QED) is 0.809. The highest BCUT2D eigenvalue weighted by atomic mass is 16.7. The monoisotopic (exact) mass is 282 g/mol. The lowest BCUT2D eigenvalue weighted by molar-refractivity contribution is -0.198. The minimum atomic E-state index is -0.296. The maximum atomic E-state index is 5.98. The highest BCUT2D eigenvalue weighted by Crippen LogP contribution is 2.39. The summed E-state index contributed by atoms with van der Waals surface area (Å²) in [6, 6.07) is 1.06. The topological polar surface area (TPSA) is 43.0 Å². The van der Waals surface area contributed by atoms with Crippen molar-refractivity contribution in [3.63, 3.8) is 0 Å². The summed E-state index contributed by atoms with van der Waals surface area (Å²) in [5, 5.41) is 3.51. The predicted octanol–water partition coefficient (Wildman–Crippen LogP) is 0.733. The van der Waals surface area contributed by atoms with Crippen LogP contribution in [0, 0.1) is 0 Å². The Balaban J connectivity index is 1.50. The molecule has 4 unspecified atom stereocenters. The summed E-state index contributed by atoms with van der Waals surface area (Å²) in [7, 11) is 2.08. The third-order valence-corrected chi connectivity index (χ3v) is 5.55. The minimum absolute atomic E-state index is 0.296. The van der Waals surface area contributed by atoms with Gasteiger partial charge >= 0.3 is 0 Å². The standard InChI is InChI=1S/C15H26N2O3/c1-16-13-4-5-15(18-6-7-19-15)8-14(13)17-9-11-2-3-12(10-17)20-11/h11-14,16H,2-10H2,1H3. The van der Waals surface area contributed by atoms with Gasteiger partial charge in [-0.2, -0.15) is 0 Å². The van der Waals surface area contributed by atoms with Crippen LogP contribution in [-0.4, -0.2) is 68.3 Å². The van der Waals surface area contributed by atoms with Crippen molar-refractivity contribution in [3.8, 4) is 0 Å². The van der Waals surface area contributed by atoms with Crippen molar-refractivity contribution in [2.75, 3.05) is 33.4 Å². The lowest BCUT2D eigenvalue weighted by Gasteiger charge is -2.48. The Morgan fingerprint density at radius 3 is 2.40 bits per heavy atom. The SMILES string of the molecule is CNC1CCC2(CC1N1CC3CCC(C1)O3)OCCO2. The van der Waals surface area contributed by atoms with Crippen LogP contribution in [0.3, 0.4) is 0 Å². The van der Waals surface area contributed by atoms with Crippen molar-refractivity contribution < 1.29 is 14.2 Å². The molecule has 0 aromatic heterocycles. The summed E-state index contributed by atoms with van der Waals surface area (Å²) in [6.45, 7) is 3.67. The van der Waals surface area contributed by atoms with Gasteiger partial charge in [-0.05, 0) is 26.3 Å². The molecule has 1 aliphatic carbocycles. The molecule has 1 spiro atoms. The zero-order valence-corrected chi connectivity index (χ0v) is 12.3. The van der Waals surface area contributed by atoms with Crippen LogP contribution >= 0.6 is 0 Å². The van der Waals surface area contributed by atoms with E-state index in [1.807, 2.05) is 0 Å². The first-order chi connectivity index (χ1) is 9.78. The molecule has 0 radical (unpaired) electrons. The van der Waals surface area contributed by atoms with Crippen molar-refractivity contribution in [1.29, 1.82) is 0 Å². The van der Waals surface area contributed by atoms with Crippen LogP contribution in [-0.2, 0) is 14.2 Å². The zero-order chi connectivity index (χ0) is 13.6. The van der Waals surface area contributed by atoms with Crippen LogP contribution in [0.25, 0.3) is 0 Å². The van der Waals surface area contributed by atoms with E-state index in [0.717, 1.165) is 45.6 Å². The van der Waals surface area contributed by atoms with Crippen LogP contribution in [0.1, 0.15) is 32.1 Å². The number of fused-ring (bicyclic) bond motifs is 2. The number of likely N-dealkylation sites (N-methyl/N-ethyl adjacent to an activating group) is 1. The van der Waals surface area contributed by atoms with Crippen LogP contribution < -0.4 is 5.32 Å². The first-order valence-corrected chi connectivity index (χ1v) is 8.13. The van der Waals surface area contributed by atoms with Gasteiger partial charge in [0.1, 0.15) is 0 Å². The van der Waals surface area contributed by atoms with Gasteiger partial charge in [0.15, 0.2) is 5.79 Å². The van der Waals surface area contributed by atoms with Gasteiger partial charge in [0, 0.05) is 38.0 Å². The molecule has 0 amide bonds. The molecule has 1 N–H and O–H groups in total. The van der Waals surface area contributed by atoms with Crippen LogP contribution in [0.2, 0.25) is 0 Å². The fourth-order valence-corrected chi connectivity index (χ4v) is 4.53. The van der Waals surface area contributed by atoms with E-state index in [4.69, 9.17) is 14.2 Å². The number of nitrogens with zero attached hydrogens (tertiary/aromatic N) is 1. The van der Waals surface area contributed by atoms with Crippen LogP contribution in [0.4, 0.5) is 0 Å². The summed E-state index contributed by atoms with van der Waals surface area (Å²) >= 11 is 0. The maximum Gasteiger partial charge on any atom is 0.170 e. The fraction of sp³-hybridized carbons (Fsp3) is 1.00. The van der Waals surface area contributed by atoms with Gasteiger partial charge in [-0.1, -0.05) is 0 Å². The molecule has 4 rings (SSSR count). The molecule has 0 aromatic rings. The van der Waals surface area contributed by atoms with Gasteiger partial charge in [0.2, 0.25) is 0 Å². The summed E-state index contributed by atoms with van der Waals surface area (Å²) in [6.07, 6.45) is 6.52. The van der Waals surface area contributed by atoms with Gasteiger partial charge in [-0.3, -0.25) is 4.90 Å². The number of morpholine rings is 1. The summed E-state index contributed by atoms with van der Waals surface area (Å²) in [4.78, 5) is 2.64. The van der Waals surface area contributed by atoms with Crippen LogP contribution in [0.15, 0.2) is 0 Å². The first kappa shape index (κ1) is 13.5. The molecule has 20 heavy (non-hydrogen) atoms. The number of ether oxygens (including phenoxy) is 3. The summed E-state index contributed by atoms with van der Waals surface area (Å²) < 4.78 is 17.9. The van der Waals surface area contributed by atoms with E-state index < -0.39 is 0 Å². The van der Waals surface area contributed by atoms with E-state index in [2.05, 4.69) is 17.3 Å². The number of nitrogens with one attached hydrogen (secondary N) is 1. The Kier molecular flexibility index (Phi) is 3.51. The molecule has 1 saturated carbocycles. The molecule has 0 aromatic carbocycles. The number of hydrogen-bond donors (Lipinski definition) is 1. The summed E-state index contributed by atoms with van der Waals surface area (Å²) in [5.74, 6) is -0.296. The molecule has 4 fully saturated rings. The normalized spacial score (nSPS) is 44.2. The molecular formula is C15H26N2O3. The van der Waals surface area contributed by atoms with Crippen molar-refractivity contribution in [1.82, 2.24) is 10.2 Å². The van der Waals surface area contributed by atoms with E-state index in [0.29, 0.717) is 24.3 Å². The highest BCUT2D eigenvalue weighted by molar-refractivity contribution is 4.99. The Bertz CT molecular complexity index is 347. The van der Waals surface area contributed by atoms with Gasteiger partial charge in [-0.25, -0.2) is 0 Å². The zero-order valence-electron chi connectivity index (χ0n) is 12.3. The maximum absolute atomic E-state index is 5.98. The Morgan fingerprint density at radius 1 is 1.05 bits per heavy atom. The molecular weight excluding hydrogens is 256 g/mol. The number of rotatable bonds is 2. The molecule has 3 saturated heterocycles. The summed E-state index contributed by atoms with van der Waals surface area (Å²) in [5.41, 5.74) is 0. The average molecular weight is 282 g/mol. The van der Waals surface area contributed by atoms with E-state index >= 15 is 0 Å². The van der Waals surface area contributed by atoms with Gasteiger partial charge in [-0.15, -0.1) is 0 Å². The second-order valence-corrected chi connectivity index (χ2v) is 6.72. The number of likely N-dealkylation sites (tertiary alicyclic amines) is 1. The molecule has 4 aliphatic rings. The average Bonchev–Trinajstić information content (AvgIpc) is 3.06. The smallest absolute Gasteiger partial charge is 0.170 e. The molecule has 3 heterocycles. The third kappa shape index (κ3) is 2.29. The van der Waals surface area contributed by atoms with Crippen molar-refractivity contribution >= 4 is 0 Å². The first-order valence-electron chi connectivity index (χ1n) is 8.13. The van der Waals surface area contributed by atoms with Crippen molar-refractivity contribution in [2.24, 2.45) is 0 Å². The third-order valence-electron chi connectivity index (χ3n) is 5.55. The second-order valence-electron chi connectivity index (χ2n) is 6.72. The van der Waals surface area contributed by atoms with Crippen molar-refractivity contribution in [2.45, 2.75) is 62.2 Å². The van der Waals surface area contributed by atoms with E-state index in [1.54, 1.807) is 0 Å². The Morgan fingerprint density at radius 2 is 1.75 bits per heavy atom.